The van der Waals surface area contributed by atoms with Crippen LogP contribution in [-0.4, -0.2) is 122 Å². The first-order valence-electron chi connectivity index (χ1n) is 48.0. The van der Waals surface area contributed by atoms with Gasteiger partial charge in [-0.25, -0.2) is 9.59 Å². The molecule has 4 aliphatic rings. The van der Waals surface area contributed by atoms with Crippen LogP contribution in [0.2, 0.25) is 0 Å². The minimum Gasteiger partial charge on any atom is -0.445 e. The largest absolute Gasteiger partial charge is 2.00 e. The van der Waals surface area contributed by atoms with E-state index in [4.69, 9.17) is 28.4 Å². The van der Waals surface area contributed by atoms with Crippen LogP contribution in [0.4, 0.5) is 9.59 Å². The maximum atomic E-state index is 13.7. The van der Waals surface area contributed by atoms with Crippen LogP contribution in [0.5, 0.6) is 0 Å². The molecule has 18 aromatic carbocycles. The first kappa shape index (κ1) is 102. The van der Waals surface area contributed by atoms with Crippen molar-refractivity contribution in [2.75, 3.05) is 26.2 Å². The smallest absolute Gasteiger partial charge is 0.445 e. The number of aliphatic hydroxyl groups excluding tert-OH is 1. The van der Waals surface area contributed by atoms with Gasteiger partial charge in [0, 0.05) is 38.0 Å². The molecule has 4 fully saturated rings. The van der Waals surface area contributed by atoms with E-state index >= 15 is 0 Å². The first-order chi connectivity index (χ1) is 67.4. The number of aldehydes is 1. The van der Waals surface area contributed by atoms with Crippen molar-refractivity contribution in [2.24, 2.45) is 11.8 Å². The zero-order valence-electron chi connectivity index (χ0n) is 81.1. The van der Waals surface area contributed by atoms with Crippen LogP contribution in [0.25, 0.3) is 86.2 Å². The van der Waals surface area contributed by atoms with E-state index in [9.17, 15) is 39.9 Å². The number of amides is 2. The van der Waals surface area contributed by atoms with Crippen LogP contribution in [-0.2, 0) is 90.6 Å². The predicted octanol–water partition coefficient (Wildman–Crippen LogP) is 25.5. The Kier molecular flexibility index (Phi) is 31.2. The monoisotopic (exact) mass is 1920 g/mol. The van der Waals surface area contributed by atoms with Crippen LogP contribution in [0.1, 0.15) is 116 Å². The van der Waals surface area contributed by atoms with Crippen LogP contribution >= 0.6 is 0 Å². The maximum Gasteiger partial charge on any atom is 2.00 e. The zero-order chi connectivity index (χ0) is 96.1. The average molecular weight is 1920 g/mol. The summed E-state index contributed by atoms with van der Waals surface area (Å²) in [5, 5.41) is 80.7. The SMILES string of the molecule is CC1(C)OC(C(O)(c2ccc3ccccc3c2)c2ccc3ccccc3c2)[C@H](C(O)(c2ccc3ccccc3c2)c2ccc3ccccc3c2)O1.CC1(C)O[C@@H](C(O)(c2ccc3ccccc3c2)c2ccc3ccccc3c2)[C@H](C(O)(c2ccc3ccccc3c2)c2ccc3ccccc3c2)O1.C[C@H](O)[C@@H]1CCCN(C(=O)OCc2ccccc2)C1.O=C[C@@H]1CCCN(C(=O)OCc2ccccc2)C1.[CH3-].[CH3-].[Ti+2]. The summed E-state index contributed by atoms with van der Waals surface area (Å²) >= 11 is 0. The molecule has 0 saturated carbocycles. The Hall–Kier alpha value is -13.4. The van der Waals surface area contributed by atoms with Crippen molar-refractivity contribution in [1.29, 1.82) is 0 Å². The Labute approximate surface area is 845 Å². The summed E-state index contributed by atoms with van der Waals surface area (Å²) in [4.78, 5) is 37.8. The predicted molar refractivity (Wildman–Crippen MR) is 564 cm³/mol. The second-order valence-corrected chi connectivity index (χ2v) is 38.2. The molecule has 22 rings (SSSR count). The Balaban J connectivity index is 0.000000149. The molecule has 0 radical (unpaired) electrons. The number of likely N-dealkylation sites (tertiary alicyclic amines) is 2. The number of carbonyl (C=O) groups is 3. The van der Waals surface area contributed by atoms with Crippen LogP contribution < -0.4 is 0 Å². The third kappa shape index (κ3) is 21.2. The number of ether oxygens (including phenoxy) is 6. The molecule has 0 spiro atoms. The summed E-state index contributed by atoms with van der Waals surface area (Å²) in [6.07, 6.45) is -0.654. The van der Waals surface area contributed by atoms with Gasteiger partial charge in [-0.1, -0.05) is 352 Å². The number of hydrogen-bond acceptors (Lipinski definition) is 14. The van der Waals surface area contributed by atoms with Crippen molar-refractivity contribution in [2.45, 2.75) is 138 Å². The van der Waals surface area contributed by atoms with E-state index in [1.165, 1.54) is 0 Å². The molecule has 142 heavy (non-hydrogen) atoms. The molecule has 2 amide bonds. The molecule has 0 aromatic heterocycles. The molecule has 4 heterocycles. The van der Waals surface area contributed by atoms with Gasteiger partial charge in [0.2, 0.25) is 0 Å². The summed E-state index contributed by atoms with van der Waals surface area (Å²) < 4.78 is 38.1. The van der Waals surface area contributed by atoms with Crippen molar-refractivity contribution >= 4 is 105 Å². The number of aliphatic hydroxyl groups is 5. The second-order valence-electron chi connectivity index (χ2n) is 38.2. The molecule has 5 N–H and O–H groups in total. The van der Waals surface area contributed by atoms with E-state index in [1.54, 1.807) is 16.7 Å². The van der Waals surface area contributed by atoms with Crippen molar-refractivity contribution in [3.05, 3.63) is 471 Å². The summed E-state index contributed by atoms with van der Waals surface area (Å²) in [5.41, 5.74) is 0.0944. The van der Waals surface area contributed by atoms with Gasteiger partial charge in [0.15, 0.2) is 11.6 Å². The number of piperidine rings is 2. The Morgan fingerprint density at radius 1 is 0.324 bits per heavy atom. The van der Waals surface area contributed by atoms with Gasteiger partial charge in [0.05, 0.1) is 6.10 Å². The first-order valence-corrected chi connectivity index (χ1v) is 48.0. The molecule has 16 nitrogen and oxygen atoms in total. The summed E-state index contributed by atoms with van der Waals surface area (Å²) in [5.74, 6) is -2.18. The third-order valence-corrected chi connectivity index (χ3v) is 28.1. The number of benzene rings is 18. The van der Waals surface area contributed by atoms with E-state index in [1.807, 2.05) is 380 Å². The van der Waals surface area contributed by atoms with Gasteiger partial charge >= 0.3 is 33.9 Å². The van der Waals surface area contributed by atoms with Crippen molar-refractivity contribution < 1.29 is 90.1 Å². The molecule has 7 atom stereocenters. The fourth-order valence-corrected chi connectivity index (χ4v) is 20.6. The molecule has 718 valence electrons. The van der Waals surface area contributed by atoms with E-state index in [0.717, 1.165) is 136 Å². The molecule has 0 aliphatic carbocycles. The van der Waals surface area contributed by atoms with Gasteiger partial charge in [0.25, 0.3) is 0 Å². The fraction of sp³-hybridized carbons (Fsp3) is 0.224. The third-order valence-electron chi connectivity index (χ3n) is 28.1. The number of fused-ring (bicyclic) bond motifs is 8. The van der Waals surface area contributed by atoms with Crippen molar-refractivity contribution in [3.8, 4) is 0 Å². The number of nitrogens with zero attached hydrogens (tertiary/aromatic N) is 2. The summed E-state index contributed by atoms with van der Waals surface area (Å²) in [6.45, 7) is 12.2. The molecular weight excluding hydrogens is 1800 g/mol. The molecule has 17 heteroatoms. The van der Waals surface area contributed by atoms with Crippen LogP contribution in [0.15, 0.2) is 400 Å². The van der Waals surface area contributed by atoms with Crippen LogP contribution in [0.3, 0.4) is 0 Å². The van der Waals surface area contributed by atoms with Gasteiger partial charge < -0.3 is 83.4 Å². The minimum absolute atomic E-state index is 0. The molecular formula is C125H120N2O14Ti. The summed E-state index contributed by atoms with van der Waals surface area (Å²) in [6, 6.07) is 132. The fourth-order valence-electron chi connectivity index (χ4n) is 20.6. The van der Waals surface area contributed by atoms with Gasteiger partial charge in [-0.2, -0.15) is 0 Å². The number of carbonyl (C=O) groups excluding carboxylic acids is 3. The molecule has 0 bridgehead atoms. The van der Waals surface area contributed by atoms with Crippen molar-refractivity contribution in [1.82, 2.24) is 9.80 Å². The number of hydrogen-bond donors (Lipinski definition) is 5. The molecule has 1 unspecified atom stereocenters. The number of rotatable bonds is 18. The standard InChI is InChI=1S/2C47H38O4.C15H21NO3.C14H17NO3.2CH3.Ti/c2*1-45(2)50-43(46(48,39-23-19-31-11-3-7-15-35(31)27-39)40-24-20-32-12-4-8-16-36(32)28-40)44(51-45)47(49,41-25-21-33-13-5-9-17-37(33)29-41)42-26-22-34-14-6-10-18-38(34)30-42;1-12(17)14-8-5-9-16(10-14)15(18)19-11-13-6-3-2-4-7-13;16-10-13-7-4-8-15(9-13)14(17)18-11-12-5-2-1-3-6-12;;;/h2*3-30,43-44,48-49H,1-2H3;2-4,6-7,12,14,17H,5,8-11H2,1H3;1-3,5-6,10,13H,4,7-9,11H2;2*1H3;/q;;;;2*-1;+2/t43-,44?;43-,44-;12-,14+;13-;;;/m1101.../s1. The Bertz CT molecular complexity index is 6440. The Morgan fingerprint density at radius 3 is 0.746 bits per heavy atom. The van der Waals surface area contributed by atoms with E-state index in [0.29, 0.717) is 70.7 Å². The summed E-state index contributed by atoms with van der Waals surface area (Å²) in [7, 11) is 0. The second kappa shape index (κ2) is 43.6. The molecule has 4 aliphatic heterocycles. The van der Waals surface area contributed by atoms with Crippen LogP contribution in [0, 0.1) is 26.7 Å². The Morgan fingerprint density at radius 2 is 0.528 bits per heavy atom. The van der Waals surface area contributed by atoms with E-state index in [-0.39, 0.29) is 73.3 Å². The average Bonchev–Trinajstić information content (AvgIpc) is 1.50. The zero-order valence-corrected chi connectivity index (χ0v) is 82.7. The van der Waals surface area contributed by atoms with Gasteiger partial charge in [-0.15, -0.1) is 0 Å². The van der Waals surface area contributed by atoms with E-state index in [2.05, 4.69) is 48.5 Å². The van der Waals surface area contributed by atoms with Crippen molar-refractivity contribution in [3.63, 3.8) is 0 Å². The van der Waals surface area contributed by atoms with E-state index < -0.39 is 58.4 Å². The minimum atomic E-state index is -1.76. The normalized spacial score (nSPS) is 18.0. The van der Waals surface area contributed by atoms with Gasteiger partial charge in [-0.05, 0) is 251 Å². The van der Waals surface area contributed by atoms with Gasteiger partial charge in [-0.3, -0.25) is 0 Å². The quantitative estimate of drug-likeness (QED) is 0.0307. The van der Waals surface area contributed by atoms with Gasteiger partial charge in [0.1, 0.15) is 66.3 Å². The maximum absolute atomic E-state index is 13.7. The topological polar surface area (TPSA) is 214 Å². The molecule has 18 aromatic rings. The molecule has 4 saturated heterocycles.